The number of nitrogens with zero attached hydrogens (tertiary/aromatic N) is 12. The first-order chi connectivity index (χ1) is 26.5. The first kappa shape index (κ1) is 33.1. The maximum absolute atomic E-state index is 8.99. The van der Waals surface area contributed by atoms with Crippen LogP contribution < -0.4 is 9.80 Å². The quantitative estimate of drug-likeness (QED) is 0.213. The molecule has 268 valence electrons. The highest BCUT2D eigenvalue weighted by atomic mass is 15.2. The van der Waals surface area contributed by atoms with Crippen LogP contribution in [0.5, 0.6) is 0 Å². The molecule has 0 amide bonds. The summed E-state index contributed by atoms with van der Waals surface area (Å²) in [5, 5.41) is 18.0. The smallest absolute Gasteiger partial charge is 0.154 e. The summed E-state index contributed by atoms with van der Waals surface area (Å²) >= 11 is 0. The molecule has 2 saturated heterocycles. The maximum Gasteiger partial charge on any atom is 0.154 e. The number of piperidine rings is 2. The van der Waals surface area contributed by atoms with Gasteiger partial charge in [-0.25, -0.2) is 29.9 Å². The van der Waals surface area contributed by atoms with Crippen LogP contribution in [0.4, 0.5) is 11.6 Å². The van der Waals surface area contributed by atoms with Gasteiger partial charge in [0, 0.05) is 62.8 Å². The van der Waals surface area contributed by atoms with Gasteiger partial charge >= 0.3 is 0 Å². The third kappa shape index (κ3) is 5.82. The molecule has 4 atom stereocenters. The molecule has 14 heteroatoms. The number of nitriles is 2. The number of aromatic amines is 2. The number of rotatable bonds is 4. The Bertz CT molecular complexity index is 2480. The summed E-state index contributed by atoms with van der Waals surface area (Å²) in [6, 6.07) is 15.9. The van der Waals surface area contributed by atoms with Gasteiger partial charge in [0.25, 0.3) is 0 Å². The van der Waals surface area contributed by atoms with E-state index in [2.05, 4.69) is 74.5 Å². The monoisotopic (exact) mass is 714 g/mol. The summed E-state index contributed by atoms with van der Waals surface area (Å²) in [5.74, 6) is 5.60. The summed E-state index contributed by atoms with van der Waals surface area (Å²) in [6.07, 6.45) is 16.8. The van der Waals surface area contributed by atoms with Crippen molar-refractivity contribution in [3.63, 3.8) is 0 Å². The fraction of sp³-hybridized carbons (Fsp3) is 0.300. The van der Waals surface area contributed by atoms with Gasteiger partial charge in [0.15, 0.2) is 11.3 Å². The third-order valence-electron chi connectivity index (χ3n) is 11.2. The van der Waals surface area contributed by atoms with Crippen LogP contribution in [-0.2, 0) is 0 Å². The lowest BCUT2D eigenvalue weighted by Gasteiger charge is -2.37. The highest BCUT2D eigenvalue weighted by Gasteiger charge is 2.33. The van der Waals surface area contributed by atoms with Crippen molar-refractivity contribution in [3.05, 3.63) is 109 Å². The van der Waals surface area contributed by atoms with Crippen molar-refractivity contribution in [2.24, 2.45) is 11.8 Å². The van der Waals surface area contributed by atoms with Crippen LogP contribution in [-0.4, -0.2) is 74.9 Å². The topological polar surface area (TPSA) is 172 Å². The van der Waals surface area contributed by atoms with Gasteiger partial charge in [-0.05, 0) is 61.1 Å². The van der Waals surface area contributed by atoms with Crippen LogP contribution >= 0.6 is 0 Å². The van der Waals surface area contributed by atoms with E-state index in [9.17, 15) is 0 Å². The van der Waals surface area contributed by atoms with Gasteiger partial charge in [-0.2, -0.15) is 10.5 Å². The minimum atomic E-state index is 0.291. The van der Waals surface area contributed by atoms with Crippen molar-refractivity contribution in [1.29, 1.82) is 10.5 Å². The van der Waals surface area contributed by atoms with E-state index in [-0.39, 0.29) is 0 Å². The second kappa shape index (κ2) is 13.6. The number of anilines is 2. The molecule has 2 fully saturated rings. The van der Waals surface area contributed by atoms with Gasteiger partial charge in [0.05, 0.1) is 58.0 Å². The Labute approximate surface area is 310 Å². The number of pyridine rings is 2. The molecule has 2 aliphatic rings. The summed E-state index contributed by atoms with van der Waals surface area (Å²) < 4.78 is 4.44. The molecule has 54 heavy (non-hydrogen) atoms. The molecule has 14 nitrogen and oxygen atoms in total. The lowest BCUT2D eigenvalue weighted by atomic mass is 9.86. The average molecular weight is 715 g/mol. The molecule has 8 aromatic heterocycles. The Hall–Kier alpha value is -6.80. The molecule has 10 heterocycles. The highest BCUT2D eigenvalue weighted by Crippen LogP contribution is 2.36. The highest BCUT2D eigenvalue weighted by molar-refractivity contribution is 5.76. The van der Waals surface area contributed by atoms with E-state index < -0.39 is 0 Å². The molecule has 0 radical (unpaired) electrons. The SMILES string of the molecule is C[C@@H]1CCN(c2ccc(C#N)cn2)C[C@@H]1c1ncc2cnc3[nH]ccc3n12.C[C@H]1CCN(c2ccc(C#N)cn2)C[C@H]1c1ncc2cnc3[nH]ccc3n12. The summed E-state index contributed by atoms with van der Waals surface area (Å²) in [7, 11) is 0. The molecule has 0 saturated carbocycles. The first-order valence-corrected chi connectivity index (χ1v) is 18.3. The molecular formula is C40H38N14. The Morgan fingerprint density at radius 3 is 1.43 bits per heavy atom. The van der Waals surface area contributed by atoms with E-state index in [4.69, 9.17) is 20.5 Å². The van der Waals surface area contributed by atoms with E-state index in [0.29, 0.717) is 34.8 Å². The molecule has 8 aromatic rings. The summed E-state index contributed by atoms with van der Waals surface area (Å²) in [5.41, 5.74) is 7.05. The summed E-state index contributed by atoms with van der Waals surface area (Å²) in [4.78, 5) is 38.4. The van der Waals surface area contributed by atoms with Crippen molar-refractivity contribution < 1.29 is 0 Å². The molecule has 10 rings (SSSR count). The molecule has 2 N–H and O–H groups in total. The number of nitrogens with one attached hydrogen (secondary N) is 2. The second-order valence-electron chi connectivity index (χ2n) is 14.4. The normalized spacial score (nSPS) is 20.2. The van der Waals surface area contributed by atoms with Crippen molar-refractivity contribution in [1.82, 2.24) is 48.7 Å². The van der Waals surface area contributed by atoms with Crippen LogP contribution in [0.2, 0.25) is 0 Å². The number of hydrogen-bond donors (Lipinski definition) is 2. The van der Waals surface area contributed by atoms with E-state index >= 15 is 0 Å². The van der Waals surface area contributed by atoms with Gasteiger partial charge < -0.3 is 19.8 Å². The lowest BCUT2D eigenvalue weighted by molar-refractivity contribution is 0.366. The van der Waals surface area contributed by atoms with Crippen LogP contribution in [0, 0.1) is 34.5 Å². The lowest BCUT2D eigenvalue weighted by Crippen LogP contribution is -2.39. The molecule has 0 unspecified atom stereocenters. The number of fused-ring (bicyclic) bond motifs is 6. The van der Waals surface area contributed by atoms with Crippen LogP contribution in [0.25, 0.3) is 33.4 Å². The van der Waals surface area contributed by atoms with Gasteiger partial charge in [-0.3, -0.25) is 8.80 Å². The van der Waals surface area contributed by atoms with Gasteiger partial charge in [-0.1, -0.05) is 13.8 Å². The third-order valence-corrected chi connectivity index (χ3v) is 11.2. The number of aromatic nitrogens is 10. The largest absolute Gasteiger partial charge is 0.356 e. The Balaban J connectivity index is 0.000000142. The molecule has 0 bridgehead atoms. The Morgan fingerprint density at radius 2 is 1.02 bits per heavy atom. The van der Waals surface area contributed by atoms with Crippen molar-refractivity contribution in [2.45, 2.75) is 38.5 Å². The first-order valence-electron chi connectivity index (χ1n) is 18.3. The van der Waals surface area contributed by atoms with Crippen molar-refractivity contribution in [3.8, 4) is 12.1 Å². The van der Waals surface area contributed by atoms with Gasteiger partial charge in [-0.15, -0.1) is 0 Å². The minimum Gasteiger partial charge on any atom is -0.356 e. The number of hydrogen-bond acceptors (Lipinski definition) is 10. The second-order valence-corrected chi connectivity index (χ2v) is 14.4. The predicted molar refractivity (Wildman–Crippen MR) is 205 cm³/mol. The zero-order valence-corrected chi connectivity index (χ0v) is 30.0. The van der Waals surface area contributed by atoms with E-state index in [1.54, 1.807) is 12.4 Å². The van der Waals surface area contributed by atoms with Crippen molar-refractivity contribution in [2.75, 3.05) is 36.0 Å². The molecule has 0 aromatic carbocycles. The van der Waals surface area contributed by atoms with Crippen LogP contribution in [0.15, 0.2) is 86.0 Å². The van der Waals surface area contributed by atoms with Gasteiger partial charge in [0.2, 0.25) is 0 Å². The fourth-order valence-corrected chi connectivity index (χ4v) is 8.03. The number of H-pyrrole nitrogens is 2. The molecule has 0 spiro atoms. The van der Waals surface area contributed by atoms with E-state index in [0.717, 1.165) is 95.7 Å². The standard InChI is InChI=1S/2C20H19N7/c2*1-13-5-7-26(18-3-2-14(8-21)9-23-18)12-16(13)20-25-11-15-10-24-19-17(27(15)20)4-6-22-19/h2*2-4,6,9-11,13,16,22H,5,7,12H2,1H3/t2*13-,16+/m10/s1. The fourth-order valence-electron chi connectivity index (χ4n) is 8.03. The zero-order valence-electron chi connectivity index (χ0n) is 30.0. The maximum atomic E-state index is 8.99. The van der Waals surface area contributed by atoms with E-state index in [1.807, 2.05) is 73.6 Å². The molecular weight excluding hydrogens is 677 g/mol. The molecule has 0 aliphatic carbocycles. The Morgan fingerprint density at radius 1 is 0.574 bits per heavy atom. The minimum absolute atomic E-state index is 0.291. The average Bonchev–Trinajstić information content (AvgIpc) is 4.04. The van der Waals surface area contributed by atoms with Crippen LogP contribution in [0.1, 0.15) is 61.3 Å². The summed E-state index contributed by atoms with van der Waals surface area (Å²) in [6.45, 7) is 8.22. The Kier molecular flexibility index (Phi) is 8.35. The van der Waals surface area contributed by atoms with Crippen LogP contribution in [0.3, 0.4) is 0 Å². The number of imidazole rings is 2. The predicted octanol–water partition coefficient (Wildman–Crippen LogP) is 6.21. The van der Waals surface area contributed by atoms with E-state index in [1.165, 1.54) is 0 Å². The van der Waals surface area contributed by atoms with Crippen molar-refractivity contribution >= 4 is 45.0 Å². The zero-order chi connectivity index (χ0) is 36.8. The molecule has 2 aliphatic heterocycles. The van der Waals surface area contributed by atoms with Gasteiger partial charge in [0.1, 0.15) is 35.4 Å².